The zero-order chi connectivity index (χ0) is 14.9. The van der Waals surface area contributed by atoms with E-state index in [1.54, 1.807) is 0 Å². The van der Waals surface area contributed by atoms with E-state index in [2.05, 4.69) is 11.8 Å². The number of rotatable bonds is 4. The van der Waals surface area contributed by atoms with Crippen molar-refractivity contribution in [3.05, 3.63) is 29.8 Å². The Labute approximate surface area is 125 Å². The minimum Gasteiger partial charge on any atom is -0.465 e. The van der Waals surface area contributed by atoms with Gasteiger partial charge in [0.25, 0.3) is 0 Å². The van der Waals surface area contributed by atoms with E-state index in [1.807, 2.05) is 24.3 Å². The first-order chi connectivity index (χ1) is 10.2. The molecule has 0 aromatic heterocycles. The molecule has 0 spiro atoms. The lowest BCUT2D eigenvalue weighted by Gasteiger charge is -2.23. The maximum absolute atomic E-state index is 10.6. The van der Waals surface area contributed by atoms with Crippen LogP contribution in [0.3, 0.4) is 0 Å². The minimum absolute atomic E-state index is 0.126. The van der Waals surface area contributed by atoms with Gasteiger partial charge in [-0.1, -0.05) is 11.8 Å². The van der Waals surface area contributed by atoms with Crippen LogP contribution < -0.4 is 4.74 Å². The third-order valence-electron chi connectivity index (χ3n) is 3.02. The Morgan fingerprint density at radius 3 is 2.81 bits per heavy atom. The molecule has 0 amide bonds. The molecular formula is C17H20O4. The lowest BCUT2D eigenvalue weighted by atomic mass is 10.2. The number of esters is 1. The molecule has 1 aromatic rings. The first-order valence-electron chi connectivity index (χ1n) is 7.24. The van der Waals surface area contributed by atoms with Crippen LogP contribution in [0.5, 0.6) is 5.75 Å². The zero-order valence-corrected chi connectivity index (χ0v) is 12.3. The van der Waals surface area contributed by atoms with Crippen LogP contribution in [-0.2, 0) is 14.3 Å². The van der Waals surface area contributed by atoms with Crippen LogP contribution in [-0.4, -0.2) is 25.5 Å². The summed E-state index contributed by atoms with van der Waals surface area (Å²) in [6.07, 6.45) is 3.61. The van der Waals surface area contributed by atoms with Crippen LogP contribution in [0.25, 0.3) is 0 Å². The van der Waals surface area contributed by atoms with Crippen LogP contribution in [0.4, 0.5) is 0 Å². The molecule has 0 bridgehead atoms. The van der Waals surface area contributed by atoms with Crippen molar-refractivity contribution >= 4 is 5.97 Å². The van der Waals surface area contributed by atoms with Crippen molar-refractivity contribution in [2.75, 3.05) is 13.2 Å². The Morgan fingerprint density at radius 1 is 1.33 bits per heavy atom. The number of hydrogen-bond acceptors (Lipinski definition) is 4. The van der Waals surface area contributed by atoms with Crippen molar-refractivity contribution in [2.45, 2.75) is 38.9 Å². The van der Waals surface area contributed by atoms with E-state index in [4.69, 9.17) is 14.2 Å². The molecule has 1 aliphatic rings. The Bertz CT molecular complexity index is 504. The van der Waals surface area contributed by atoms with Gasteiger partial charge >= 0.3 is 5.97 Å². The summed E-state index contributed by atoms with van der Waals surface area (Å²) in [5.74, 6) is 6.51. The molecule has 0 aliphatic carbocycles. The molecule has 1 atom stereocenters. The van der Waals surface area contributed by atoms with Gasteiger partial charge in [-0.2, -0.15) is 0 Å². The first-order valence-corrected chi connectivity index (χ1v) is 7.24. The van der Waals surface area contributed by atoms with Crippen LogP contribution in [0, 0.1) is 11.8 Å². The van der Waals surface area contributed by atoms with Crippen molar-refractivity contribution in [1.29, 1.82) is 0 Å². The lowest BCUT2D eigenvalue weighted by Crippen LogP contribution is -2.24. The van der Waals surface area contributed by atoms with E-state index in [9.17, 15) is 4.79 Å². The molecule has 0 N–H and O–H groups in total. The van der Waals surface area contributed by atoms with E-state index >= 15 is 0 Å². The molecule has 112 valence electrons. The predicted octanol–water partition coefficient (Wildman–Crippen LogP) is 2.90. The second-order valence-electron chi connectivity index (χ2n) is 4.83. The molecule has 1 aromatic carbocycles. The van der Waals surface area contributed by atoms with Gasteiger partial charge in [-0.05, 0) is 37.1 Å². The maximum atomic E-state index is 10.6. The van der Waals surface area contributed by atoms with Crippen LogP contribution in [0.2, 0.25) is 0 Å². The normalized spacial score (nSPS) is 17.5. The number of hydrogen-bond donors (Lipinski definition) is 0. The topological polar surface area (TPSA) is 44.8 Å². The van der Waals surface area contributed by atoms with E-state index in [0.29, 0.717) is 13.0 Å². The largest absolute Gasteiger partial charge is 0.465 e. The van der Waals surface area contributed by atoms with Gasteiger partial charge in [0.1, 0.15) is 12.4 Å². The molecule has 4 nitrogen and oxygen atoms in total. The van der Waals surface area contributed by atoms with Crippen LogP contribution >= 0.6 is 0 Å². The Morgan fingerprint density at radius 2 is 2.14 bits per heavy atom. The second-order valence-corrected chi connectivity index (χ2v) is 4.83. The molecule has 0 saturated carbocycles. The summed E-state index contributed by atoms with van der Waals surface area (Å²) in [7, 11) is 0. The highest BCUT2D eigenvalue weighted by atomic mass is 16.7. The predicted molar refractivity (Wildman–Crippen MR) is 78.8 cm³/mol. The van der Waals surface area contributed by atoms with Crippen molar-refractivity contribution in [3.8, 4) is 17.6 Å². The standard InChI is InChI=1S/C17H20O4/c1-14(18)19-12-4-2-6-15-8-10-16(11-9-15)21-17-7-3-5-13-20-17/h8-11,17H,3-5,7,12-13H2,1H3. The van der Waals surface area contributed by atoms with Crippen LogP contribution in [0.1, 0.15) is 38.2 Å². The molecule has 1 fully saturated rings. The number of ether oxygens (including phenoxy) is 3. The van der Waals surface area contributed by atoms with E-state index in [0.717, 1.165) is 37.2 Å². The van der Waals surface area contributed by atoms with Gasteiger partial charge < -0.3 is 14.2 Å². The summed E-state index contributed by atoms with van der Waals surface area (Å²) in [4.78, 5) is 10.6. The molecule has 2 rings (SSSR count). The molecule has 1 heterocycles. The molecular weight excluding hydrogens is 268 g/mol. The van der Waals surface area contributed by atoms with Crippen molar-refractivity contribution < 1.29 is 19.0 Å². The first kappa shape index (κ1) is 15.4. The Balaban J connectivity index is 1.78. The monoisotopic (exact) mass is 288 g/mol. The van der Waals surface area contributed by atoms with Crippen molar-refractivity contribution in [3.63, 3.8) is 0 Å². The molecule has 4 heteroatoms. The summed E-state index contributed by atoms with van der Waals surface area (Å²) < 4.78 is 16.1. The Hall–Kier alpha value is -1.99. The Kier molecular flexibility index (Phi) is 6.11. The fraction of sp³-hybridized carbons (Fsp3) is 0.471. The third kappa shape index (κ3) is 5.88. The van der Waals surface area contributed by atoms with Gasteiger partial charge in [0.05, 0.1) is 6.61 Å². The number of carbonyl (C=O) groups excluding carboxylic acids is 1. The van der Waals surface area contributed by atoms with E-state index in [-0.39, 0.29) is 12.3 Å². The highest BCUT2D eigenvalue weighted by Gasteiger charge is 2.14. The van der Waals surface area contributed by atoms with Gasteiger partial charge in [0, 0.05) is 25.3 Å². The summed E-state index contributed by atoms with van der Waals surface area (Å²) in [6.45, 7) is 2.50. The zero-order valence-electron chi connectivity index (χ0n) is 12.3. The minimum atomic E-state index is -0.275. The number of carbonyl (C=O) groups is 1. The summed E-state index contributed by atoms with van der Waals surface area (Å²) in [5, 5.41) is 0. The fourth-order valence-corrected chi connectivity index (χ4v) is 1.98. The van der Waals surface area contributed by atoms with E-state index < -0.39 is 0 Å². The summed E-state index contributed by atoms with van der Waals surface area (Å²) in [6, 6.07) is 7.62. The third-order valence-corrected chi connectivity index (χ3v) is 3.02. The van der Waals surface area contributed by atoms with Gasteiger partial charge in [-0.15, -0.1) is 0 Å². The van der Waals surface area contributed by atoms with Gasteiger partial charge in [0.2, 0.25) is 0 Å². The molecule has 1 unspecified atom stereocenters. The number of benzene rings is 1. The van der Waals surface area contributed by atoms with Gasteiger partial charge in [-0.25, -0.2) is 0 Å². The average Bonchev–Trinajstić information content (AvgIpc) is 2.49. The van der Waals surface area contributed by atoms with Crippen molar-refractivity contribution in [2.24, 2.45) is 0 Å². The smallest absolute Gasteiger partial charge is 0.302 e. The molecule has 21 heavy (non-hydrogen) atoms. The molecule has 1 aliphatic heterocycles. The van der Waals surface area contributed by atoms with Crippen molar-refractivity contribution in [1.82, 2.24) is 0 Å². The fourth-order valence-electron chi connectivity index (χ4n) is 1.98. The highest BCUT2D eigenvalue weighted by Crippen LogP contribution is 2.19. The molecule has 0 radical (unpaired) electrons. The summed E-state index contributed by atoms with van der Waals surface area (Å²) in [5.41, 5.74) is 0.912. The summed E-state index contributed by atoms with van der Waals surface area (Å²) >= 11 is 0. The van der Waals surface area contributed by atoms with Crippen LogP contribution in [0.15, 0.2) is 24.3 Å². The second kappa shape index (κ2) is 8.33. The average molecular weight is 288 g/mol. The quantitative estimate of drug-likeness (QED) is 0.485. The maximum Gasteiger partial charge on any atom is 0.302 e. The highest BCUT2D eigenvalue weighted by molar-refractivity contribution is 5.65. The van der Waals surface area contributed by atoms with Gasteiger partial charge in [0.15, 0.2) is 6.29 Å². The van der Waals surface area contributed by atoms with Gasteiger partial charge in [-0.3, -0.25) is 4.79 Å². The molecule has 1 saturated heterocycles. The SMILES string of the molecule is CC(=O)OCCC#Cc1ccc(OC2CCCCO2)cc1. The lowest BCUT2D eigenvalue weighted by molar-refractivity contribution is -0.140. The van der Waals surface area contributed by atoms with E-state index in [1.165, 1.54) is 6.92 Å².